The number of ether oxygens (including phenoxy) is 1. The van der Waals surface area contributed by atoms with Crippen LogP contribution < -0.4 is 10.1 Å². The lowest BCUT2D eigenvalue weighted by Gasteiger charge is -2.34. The predicted molar refractivity (Wildman–Crippen MR) is 122 cm³/mol. The lowest BCUT2D eigenvalue weighted by Crippen LogP contribution is -2.49. The first kappa shape index (κ1) is 24.2. The molecule has 6 heteroatoms. The Balaban J connectivity index is 1.75. The summed E-state index contributed by atoms with van der Waals surface area (Å²) in [5.74, 6) is -0.754. The highest BCUT2D eigenvalue weighted by molar-refractivity contribution is 5.86. The van der Waals surface area contributed by atoms with Crippen LogP contribution in [0.4, 0.5) is 4.39 Å². The smallest absolute Gasteiger partial charge is 0.257 e. The Morgan fingerprint density at radius 1 is 1.09 bits per heavy atom. The molecule has 0 unspecified atom stereocenters. The number of carbonyl (C=O) groups excluding carboxylic acids is 1. The molecule has 0 radical (unpaired) electrons. The van der Waals surface area contributed by atoms with Crippen LogP contribution in [0.25, 0.3) is 0 Å². The Bertz CT molecular complexity index is 928. The van der Waals surface area contributed by atoms with E-state index in [1.165, 1.54) is 50.8 Å². The Morgan fingerprint density at radius 2 is 1.69 bits per heavy atom. The molecule has 2 aromatic carbocycles. The van der Waals surface area contributed by atoms with Crippen LogP contribution in [0.5, 0.6) is 5.75 Å². The van der Waals surface area contributed by atoms with Crippen LogP contribution in [0.3, 0.4) is 0 Å². The van der Waals surface area contributed by atoms with Gasteiger partial charge in [-0.05, 0) is 57.4 Å². The molecule has 1 aliphatic rings. The summed E-state index contributed by atoms with van der Waals surface area (Å²) in [4.78, 5) is 12.9. The van der Waals surface area contributed by atoms with Crippen LogP contribution in [0, 0.1) is 11.2 Å². The Labute approximate surface area is 189 Å². The van der Waals surface area contributed by atoms with Crippen molar-refractivity contribution in [1.29, 1.82) is 0 Å². The van der Waals surface area contributed by atoms with Crippen molar-refractivity contribution < 1.29 is 24.1 Å². The zero-order valence-electron chi connectivity index (χ0n) is 19.3. The van der Waals surface area contributed by atoms with E-state index in [0.717, 1.165) is 5.75 Å². The molecule has 5 nitrogen and oxygen atoms in total. The zero-order valence-corrected chi connectivity index (χ0v) is 19.3. The first-order chi connectivity index (χ1) is 14.9. The highest BCUT2D eigenvalue weighted by atomic mass is 19.1. The zero-order chi connectivity index (χ0) is 23.6. The molecule has 3 N–H and O–H groups in total. The summed E-state index contributed by atoms with van der Waals surface area (Å²) in [5.41, 5.74) is -2.71. The summed E-state index contributed by atoms with van der Waals surface area (Å²) in [6.45, 7) is 7.28. The van der Waals surface area contributed by atoms with Crippen LogP contribution in [0.2, 0.25) is 0 Å². The van der Waals surface area contributed by atoms with Crippen molar-refractivity contribution in [3.63, 3.8) is 0 Å². The Kier molecular flexibility index (Phi) is 6.96. The molecule has 0 bridgehead atoms. The van der Waals surface area contributed by atoms with E-state index in [1.54, 1.807) is 32.0 Å². The molecule has 0 aliphatic heterocycles. The summed E-state index contributed by atoms with van der Waals surface area (Å²) < 4.78 is 20.2. The Morgan fingerprint density at radius 3 is 2.25 bits per heavy atom. The number of rotatable bonds is 8. The van der Waals surface area contributed by atoms with E-state index in [1.807, 2.05) is 12.1 Å². The molecule has 1 aliphatic carbocycles. The van der Waals surface area contributed by atoms with Crippen molar-refractivity contribution in [2.45, 2.75) is 70.6 Å². The predicted octanol–water partition coefficient (Wildman–Crippen LogP) is 4.62. The molecule has 1 amide bonds. The van der Waals surface area contributed by atoms with E-state index in [9.17, 15) is 19.4 Å². The van der Waals surface area contributed by atoms with Gasteiger partial charge in [-0.1, -0.05) is 50.1 Å². The van der Waals surface area contributed by atoms with Gasteiger partial charge in [-0.2, -0.15) is 0 Å². The van der Waals surface area contributed by atoms with Crippen LogP contribution in [-0.2, 0) is 10.4 Å². The van der Waals surface area contributed by atoms with E-state index < -0.39 is 29.0 Å². The second-order valence-electron chi connectivity index (χ2n) is 9.99. The summed E-state index contributed by atoms with van der Waals surface area (Å²) in [5, 5.41) is 24.2. The number of hydrogen-bond acceptors (Lipinski definition) is 4. The van der Waals surface area contributed by atoms with Gasteiger partial charge in [0.15, 0.2) is 5.60 Å². The fraction of sp³-hybridized carbons (Fsp3) is 0.500. The number of carbonyl (C=O) groups is 1. The van der Waals surface area contributed by atoms with E-state index in [4.69, 9.17) is 4.74 Å². The van der Waals surface area contributed by atoms with E-state index in [2.05, 4.69) is 12.2 Å². The molecular weight excluding hydrogens is 409 g/mol. The fourth-order valence-electron chi connectivity index (χ4n) is 4.30. The van der Waals surface area contributed by atoms with Gasteiger partial charge >= 0.3 is 0 Å². The molecule has 32 heavy (non-hydrogen) atoms. The van der Waals surface area contributed by atoms with Crippen molar-refractivity contribution in [2.75, 3.05) is 6.61 Å². The van der Waals surface area contributed by atoms with Crippen molar-refractivity contribution in [3.05, 3.63) is 65.5 Å². The van der Waals surface area contributed by atoms with E-state index >= 15 is 0 Å². The van der Waals surface area contributed by atoms with Gasteiger partial charge < -0.3 is 20.3 Å². The minimum atomic E-state index is -2.10. The summed E-state index contributed by atoms with van der Waals surface area (Å²) in [6.07, 6.45) is 4.81. The number of nitrogens with one attached hydrogen (secondary N) is 1. The highest BCUT2D eigenvalue weighted by Gasteiger charge is 2.39. The number of benzene rings is 2. The average molecular weight is 444 g/mol. The number of aliphatic hydroxyl groups is 2. The highest BCUT2D eigenvalue weighted by Crippen LogP contribution is 2.38. The van der Waals surface area contributed by atoms with E-state index in [-0.39, 0.29) is 11.0 Å². The minimum absolute atomic E-state index is 0.129. The third-order valence-corrected chi connectivity index (χ3v) is 6.43. The molecule has 2 atom stereocenters. The quantitative estimate of drug-likeness (QED) is 0.556. The molecular formula is C26H34FNO4. The van der Waals surface area contributed by atoms with Crippen LogP contribution in [-0.4, -0.2) is 28.3 Å². The lowest BCUT2D eigenvalue weighted by molar-refractivity contribution is -0.142. The fourth-order valence-corrected chi connectivity index (χ4v) is 4.30. The van der Waals surface area contributed by atoms with Gasteiger partial charge in [0.2, 0.25) is 0 Å². The first-order valence-corrected chi connectivity index (χ1v) is 11.2. The SMILES string of the molecule is CC1(COc2ccc([C@@H](NC(=O)[C@@](C)(O)c3ccccc3F)C(C)(C)O)cc2)CCCC1. The summed E-state index contributed by atoms with van der Waals surface area (Å²) >= 11 is 0. The second kappa shape index (κ2) is 9.20. The van der Waals surface area contributed by atoms with Crippen molar-refractivity contribution in [2.24, 2.45) is 5.41 Å². The lowest BCUT2D eigenvalue weighted by atomic mass is 9.89. The molecule has 0 aromatic heterocycles. The van der Waals surface area contributed by atoms with Crippen LogP contribution >= 0.6 is 0 Å². The van der Waals surface area contributed by atoms with Gasteiger partial charge in [0.05, 0.1) is 18.2 Å². The third-order valence-electron chi connectivity index (χ3n) is 6.43. The van der Waals surface area contributed by atoms with Gasteiger partial charge in [0.25, 0.3) is 5.91 Å². The maximum atomic E-state index is 14.2. The normalized spacial score (nSPS) is 18.6. The molecule has 3 rings (SSSR count). The van der Waals surface area contributed by atoms with Crippen molar-refractivity contribution >= 4 is 5.91 Å². The van der Waals surface area contributed by atoms with E-state index in [0.29, 0.717) is 12.2 Å². The average Bonchev–Trinajstić information content (AvgIpc) is 3.17. The number of amides is 1. The Hall–Kier alpha value is -2.44. The molecule has 2 aromatic rings. The first-order valence-electron chi connectivity index (χ1n) is 11.2. The number of hydrogen-bond donors (Lipinski definition) is 3. The molecule has 174 valence electrons. The maximum absolute atomic E-state index is 14.2. The summed E-state index contributed by atoms with van der Waals surface area (Å²) in [7, 11) is 0. The van der Waals surface area contributed by atoms with Gasteiger partial charge in [-0.25, -0.2) is 4.39 Å². The van der Waals surface area contributed by atoms with Crippen LogP contribution in [0.1, 0.15) is 70.5 Å². The van der Waals surface area contributed by atoms with Crippen LogP contribution in [0.15, 0.2) is 48.5 Å². The minimum Gasteiger partial charge on any atom is -0.493 e. The van der Waals surface area contributed by atoms with Crippen molar-refractivity contribution in [1.82, 2.24) is 5.32 Å². The maximum Gasteiger partial charge on any atom is 0.257 e. The largest absolute Gasteiger partial charge is 0.493 e. The molecule has 1 saturated carbocycles. The number of halogens is 1. The van der Waals surface area contributed by atoms with Crippen molar-refractivity contribution in [3.8, 4) is 5.75 Å². The third kappa shape index (κ3) is 5.48. The van der Waals surface area contributed by atoms with Gasteiger partial charge in [0.1, 0.15) is 11.6 Å². The molecule has 0 heterocycles. The topological polar surface area (TPSA) is 78.8 Å². The molecule has 0 saturated heterocycles. The van der Waals surface area contributed by atoms with Gasteiger partial charge in [0, 0.05) is 11.0 Å². The second-order valence-corrected chi connectivity index (χ2v) is 9.99. The monoisotopic (exact) mass is 443 g/mol. The van der Waals surface area contributed by atoms with Gasteiger partial charge in [-0.3, -0.25) is 4.79 Å². The van der Waals surface area contributed by atoms with Gasteiger partial charge in [-0.15, -0.1) is 0 Å². The summed E-state index contributed by atoms with van der Waals surface area (Å²) in [6, 6.07) is 12.0. The molecule has 1 fully saturated rings. The molecule has 0 spiro atoms. The standard InChI is InChI=1S/C26H34FNO4/c1-24(2,30)22(28-23(29)26(4,31)20-9-5-6-10-21(20)27)18-11-13-19(14-12-18)32-17-25(3)15-7-8-16-25/h5-6,9-14,22,30-31H,7-8,15-17H2,1-4H3,(H,28,29)/t22-,26+/m1/s1.